The predicted octanol–water partition coefficient (Wildman–Crippen LogP) is 2.28. The van der Waals surface area contributed by atoms with Crippen LogP contribution in [0.4, 0.5) is 0 Å². The first kappa shape index (κ1) is 14.1. The van der Waals surface area contributed by atoms with Crippen molar-refractivity contribution in [3.8, 4) is 0 Å². The van der Waals surface area contributed by atoms with E-state index in [2.05, 4.69) is 4.57 Å². The molecule has 1 fully saturated rings. The molecule has 2 rings (SSSR count). The van der Waals surface area contributed by atoms with E-state index in [1.807, 2.05) is 34.0 Å². The van der Waals surface area contributed by atoms with E-state index < -0.39 is 0 Å². The van der Waals surface area contributed by atoms with Gasteiger partial charge in [0.2, 0.25) is 0 Å². The minimum absolute atomic E-state index is 0.0929. The van der Waals surface area contributed by atoms with Gasteiger partial charge in [0.25, 0.3) is 5.91 Å². The minimum Gasteiger partial charge on any atom is -0.376 e. The third-order valence-electron chi connectivity index (χ3n) is 4.10. The zero-order valence-electron chi connectivity index (χ0n) is 12.4. The molecule has 0 aromatic carbocycles. The lowest BCUT2D eigenvalue weighted by molar-refractivity contribution is -0.000203. The van der Waals surface area contributed by atoms with E-state index in [4.69, 9.17) is 4.74 Å². The first-order chi connectivity index (χ1) is 9.00. The van der Waals surface area contributed by atoms with Gasteiger partial charge < -0.3 is 14.2 Å². The Kier molecular flexibility index (Phi) is 4.30. The largest absolute Gasteiger partial charge is 0.376 e. The molecular weight excluding hydrogens is 240 g/mol. The van der Waals surface area contributed by atoms with Crippen molar-refractivity contribution in [3.05, 3.63) is 23.0 Å². The topological polar surface area (TPSA) is 34.5 Å². The van der Waals surface area contributed by atoms with Crippen molar-refractivity contribution in [2.45, 2.75) is 39.2 Å². The Hall–Kier alpha value is -1.29. The van der Waals surface area contributed by atoms with Gasteiger partial charge in [0, 0.05) is 38.6 Å². The van der Waals surface area contributed by atoms with E-state index in [1.165, 1.54) is 6.42 Å². The standard InChI is InChI=1S/C15H24N2O2/c1-11-9-14(12(2)17(11)4)15(18)16(3)10-13-7-5-6-8-19-13/h9,13H,5-8,10H2,1-4H3. The highest BCUT2D eigenvalue weighted by Crippen LogP contribution is 2.17. The molecule has 0 bridgehead atoms. The van der Waals surface area contributed by atoms with Crippen LogP contribution in [-0.2, 0) is 11.8 Å². The van der Waals surface area contributed by atoms with Crippen LogP contribution in [0.25, 0.3) is 0 Å². The van der Waals surface area contributed by atoms with Gasteiger partial charge in [-0.25, -0.2) is 0 Å². The molecule has 1 unspecified atom stereocenters. The van der Waals surface area contributed by atoms with Crippen LogP contribution in [0.5, 0.6) is 0 Å². The van der Waals surface area contributed by atoms with Gasteiger partial charge in [-0.3, -0.25) is 4.79 Å². The Morgan fingerprint density at radius 2 is 2.21 bits per heavy atom. The van der Waals surface area contributed by atoms with Crippen molar-refractivity contribution >= 4 is 5.91 Å². The summed E-state index contributed by atoms with van der Waals surface area (Å²) in [7, 11) is 3.85. The molecule has 0 N–H and O–H groups in total. The quantitative estimate of drug-likeness (QED) is 0.839. The number of likely N-dealkylation sites (N-methyl/N-ethyl adjacent to an activating group) is 1. The number of rotatable bonds is 3. The number of hydrogen-bond donors (Lipinski definition) is 0. The van der Waals surface area contributed by atoms with Gasteiger partial charge in [-0.15, -0.1) is 0 Å². The van der Waals surface area contributed by atoms with Crippen LogP contribution in [0.2, 0.25) is 0 Å². The maximum Gasteiger partial charge on any atom is 0.255 e. The maximum atomic E-state index is 12.5. The molecule has 1 aromatic rings. The second kappa shape index (κ2) is 5.78. The van der Waals surface area contributed by atoms with E-state index in [0.717, 1.165) is 36.4 Å². The number of hydrogen-bond acceptors (Lipinski definition) is 2. The molecule has 4 heteroatoms. The van der Waals surface area contributed by atoms with Gasteiger partial charge in [-0.05, 0) is 39.2 Å². The molecule has 1 atom stereocenters. The average Bonchev–Trinajstić information content (AvgIpc) is 2.67. The van der Waals surface area contributed by atoms with Gasteiger partial charge in [-0.1, -0.05) is 0 Å². The van der Waals surface area contributed by atoms with Crippen LogP contribution in [0.15, 0.2) is 6.07 Å². The third kappa shape index (κ3) is 3.00. The summed E-state index contributed by atoms with van der Waals surface area (Å²) in [6, 6.07) is 1.97. The van der Waals surface area contributed by atoms with Gasteiger partial charge in [-0.2, -0.15) is 0 Å². The Morgan fingerprint density at radius 3 is 2.74 bits per heavy atom. The summed E-state index contributed by atoms with van der Waals surface area (Å²) in [6.45, 7) is 5.53. The summed E-state index contributed by atoms with van der Waals surface area (Å²) in [4.78, 5) is 14.3. The second-order valence-corrected chi connectivity index (χ2v) is 5.52. The summed E-state index contributed by atoms with van der Waals surface area (Å²) >= 11 is 0. The SMILES string of the molecule is Cc1cc(C(=O)N(C)CC2CCCCO2)c(C)n1C. The fraction of sp³-hybridized carbons (Fsp3) is 0.667. The van der Waals surface area contributed by atoms with Crippen molar-refractivity contribution in [2.24, 2.45) is 7.05 Å². The molecule has 1 amide bonds. The number of carbonyl (C=O) groups is 1. The monoisotopic (exact) mass is 264 g/mol. The smallest absolute Gasteiger partial charge is 0.255 e. The molecule has 1 aliphatic rings. The zero-order chi connectivity index (χ0) is 14.0. The average molecular weight is 264 g/mol. The molecular formula is C15H24N2O2. The van der Waals surface area contributed by atoms with Gasteiger partial charge in [0.05, 0.1) is 11.7 Å². The highest BCUT2D eigenvalue weighted by molar-refractivity contribution is 5.95. The van der Waals surface area contributed by atoms with Crippen LogP contribution >= 0.6 is 0 Å². The molecule has 106 valence electrons. The number of aromatic nitrogens is 1. The molecule has 0 radical (unpaired) electrons. The molecule has 0 saturated carbocycles. The molecule has 1 aromatic heterocycles. The molecule has 4 nitrogen and oxygen atoms in total. The number of amides is 1. The first-order valence-electron chi connectivity index (χ1n) is 7.00. The zero-order valence-corrected chi connectivity index (χ0v) is 12.4. The molecule has 2 heterocycles. The summed E-state index contributed by atoms with van der Waals surface area (Å²) in [6.07, 6.45) is 3.61. The number of carbonyl (C=O) groups excluding carboxylic acids is 1. The second-order valence-electron chi connectivity index (χ2n) is 5.52. The van der Waals surface area contributed by atoms with Crippen LogP contribution in [-0.4, -0.2) is 41.7 Å². The van der Waals surface area contributed by atoms with Crippen molar-refractivity contribution in [1.29, 1.82) is 0 Å². The fourth-order valence-electron chi connectivity index (χ4n) is 2.62. The molecule has 1 aliphatic heterocycles. The highest BCUT2D eigenvalue weighted by Gasteiger charge is 2.22. The van der Waals surface area contributed by atoms with E-state index in [9.17, 15) is 4.79 Å². The third-order valence-corrected chi connectivity index (χ3v) is 4.10. The Bertz CT molecular complexity index is 459. The molecule has 19 heavy (non-hydrogen) atoms. The number of aryl methyl sites for hydroxylation is 1. The van der Waals surface area contributed by atoms with Crippen LogP contribution in [0, 0.1) is 13.8 Å². The summed E-state index contributed by atoms with van der Waals surface area (Å²) in [5.74, 6) is 0.0929. The minimum atomic E-state index is 0.0929. The Balaban J connectivity index is 2.03. The Labute approximate surface area is 115 Å². The van der Waals surface area contributed by atoms with Crippen molar-refractivity contribution in [3.63, 3.8) is 0 Å². The summed E-state index contributed by atoms with van der Waals surface area (Å²) in [5, 5.41) is 0. The van der Waals surface area contributed by atoms with Crippen LogP contribution < -0.4 is 0 Å². The molecule has 0 spiro atoms. The normalized spacial score (nSPS) is 19.5. The Morgan fingerprint density at radius 1 is 1.47 bits per heavy atom. The van der Waals surface area contributed by atoms with Gasteiger partial charge in [0.1, 0.15) is 0 Å². The number of nitrogens with zero attached hydrogens (tertiary/aromatic N) is 2. The van der Waals surface area contributed by atoms with Gasteiger partial charge in [0.15, 0.2) is 0 Å². The van der Waals surface area contributed by atoms with Crippen LogP contribution in [0.3, 0.4) is 0 Å². The predicted molar refractivity (Wildman–Crippen MR) is 75.4 cm³/mol. The number of ether oxygens (including phenoxy) is 1. The summed E-state index contributed by atoms with van der Waals surface area (Å²) < 4.78 is 7.75. The van der Waals surface area contributed by atoms with Crippen LogP contribution in [0.1, 0.15) is 41.0 Å². The van der Waals surface area contributed by atoms with E-state index >= 15 is 0 Å². The maximum absolute atomic E-state index is 12.5. The lowest BCUT2D eigenvalue weighted by Gasteiger charge is -2.27. The lowest BCUT2D eigenvalue weighted by atomic mass is 10.1. The summed E-state index contributed by atoms with van der Waals surface area (Å²) in [5.41, 5.74) is 2.94. The van der Waals surface area contributed by atoms with Gasteiger partial charge >= 0.3 is 0 Å². The fourth-order valence-corrected chi connectivity index (χ4v) is 2.62. The van der Waals surface area contributed by atoms with E-state index in [0.29, 0.717) is 6.54 Å². The molecule has 1 saturated heterocycles. The van der Waals surface area contributed by atoms with Crippen molar-refractivity contribution in [1.82, 2.24) is 9.47 Å². The first-order valence-corrected chi connectivity index (χ1v) is 7.00. The highest BCUT2D eigenvalue weighted by atomic mass is 16.5. The van der Waals surface area contributed by atoms with Crippen molar-refractivity contribution in [2.75, 3.05) is 20.2 Å². The van der Waals surface area contributed by atoms with E-state index in [1.54, 1.807) is 4.90 Å². The molecule has 0 aliphatic carbocycles. The van der Waals surface area contributed by atoms with E-state index in [-0.39, 0.29) is 12.0 Å². The lowest BCUT2D eigenvalue weighted by Crippen LogP contribution is -2.37. The van der Waals surface area contributed by atoms with Crippen molar-refractivity contribution < 1.29 is 9.53 Å².